The molecule has 292 valence electrons. The number of carbonyl (C=O) groups is 4. The molecule has 12 nitrogen and oxygen atoms in total. The lowest BCUT2D eigenvalue weighted by molar-refractivity contribution is -0.116. The highest BCUT2D eigenvalue weighted by Gasteiger charge is 2.30. The van der Waals surface area contributed by atoms with E-state index >= 15 is 0 Å². The van der Waals surface area contributed by atoms with Gasteiger partial charge in [0.1, 0.15) is 5.82 Å². The first kappa shape index (κ1) is 40.0. The van der Waals surface area contributed by atoms with E-state index in [4.69, 9.17) is 0 Å². The van der Waals surface area contributed by atoms with Crippen LogP contribution < -0.4 is 15.5 Å². The third-order valence-corrected chi connectivity index (χ3v) is 9.43. The van der Waals surface area contributed by atoms with Crippen LogP contribution in [-0.4, -0.2) is 96.1 Å². The molecule has 2 aromatic heterocycles. The van der Waals surface area contributed by atoms with E-state index in [0.717, 1.165) is 27.8 Å². The number of hydrogen-bond donors (Lipinski definition) is 2. The Morgan fingerprint density at radius 2 is 1.54 bits per heavy atom. The van der Waals surface area contributed by atoms with E-state index < -0.39 is 0 Å². The molecule has 57 heavy (non-hydrogen) atoms. The first-order valence-electron chi connectivity index (χ1n) is 18.9. The molecule has 0 atom stereocenters. The summed E-state index contributed by atoms with van der Waals surface area (Å²) in [5, 5.41) is 6.25. The smallest absolute Gasteiger partial charge is 0.324 e. The minimum Gasteiger partial charge on any atom is -0.345 e. The molecule has 12 heteroatoms. The number of ketones is 1. The number of hydrogen-bond acceptors (Lipinski definition) is 8. The quantitative estimate of drug-likeness (QED) is 0.105. The highest BCUT2D eigenvalue weighted by Crippen LogP contribution is 2.27. The van der Waals surface area contributed by atoms with Gasteiger partial charge in [-0.3, -0.25) is 24.3 Å². The number of nitrogens with one attached hydrogen (secondary N) is 2. The fraction of sp³-hybridized carbons (Fsp3) is 0.244. The van der Waals surface area contributed by atoms with Gasteiger partial charge in [0, 0.05) is 76.1 Å². The zero-order valence-electron chi connectivity index (χ0n) is 32.8. The molecule has 5 aromatic rings. The number of pyridine rings is 2. The molecule has 3 heterocycles. The molecule has 1 aliphatic heterocycles. The largest absolute Gasteiger partial charge is 0.345 e. The number of anilines is 4. The van der Waals surface area contributed by atoms with Gasteiger partial charge in [0.15, 0.2) is 5.78 Å². The van der Waals surface area contributed by atoms with Gasteiger partial charge >= 0.3 is 6.03 Å². The lowest BCUT2D eigenvalue weighted by Gasteiger charge is -2.19. The normalized spacial score (nSPS) is 12.7. The molecule has 1 fully saturated rings. The Morgan fingerprint density at radius 1 is 0.789 bits per heavy atom. The SMILES string of the molecule is CN(C)C/C=C/C(=O)Cc1cccc(CCC(=O)Nc2ccc(CN3CCN(c4cncc(Nc5ccc(-c6ccc(C(=O)N(C)C)cc6)cn5)c4)C3=O)cc2)c1. The van der Waals surface area contributed by atoms with Crippen molar-refractivity contribution >= 4 is 46.5 Å². The molecule has 0 aliphatic carbocycles. The molecule has 1 saturated heterocycles. The number of amides is 4. The standard InChI is InChI=1S/C45H48N8O4/c1-50(2)22-6-9-41(54)26-34-8-5-7-32(25-34)12-21-43(55)49-38-18-10-33(11-19-38)31-52-23-24-53(45(52)57)40-27-39(29-46-30-40)48-42-20-17-37(28-47-42)35-13-15-36(16-14-35)44(56)51(3)4/h5-11,13-20,25,27-30H,12,21-24,26,31H2,1-4H3,(H,47,48)(H,49,55)/b9-6+. The van der Waals surface area contributed by atoms with Crippen LogP contribution in [-0.2, 0) is 29.0 Å². The molecular weight excluding hydrogens is 717 g/mol. The monoisotopic (exact) mass is 764 g/mol. The second-order valence-electron chi connectivity index (χ2n) is 14.5. The van der Waals surface area contributed by atoms with Gasteiger partial charge < -0.3 is 25.3 Å². The number of nitrogens with zero attached hydrogens (tertiary/aromatic N) is 6. The van der Waals surface area contributed by atoms with Crippen molar-refractivity contribution in [2.45, 2.75) is 25.8 Å². The topological polar surface area (TPSA) is 131 Å². The van der Waals surface area contributed by atoms with Crippen LogP contribution >= 0.6 is 0 Å². The van der Waals surface area contributed by atoms with Gasteiger partial charge in [-0.25, -0.2) is 9.78 Å². The van der Waals surface area contributed by atoms with Gasteiger partial charge in [0.25, 0.3) is 5.91 Å². The highest BCUT2D eigenvalue weighted by molar-refractivity contribution is 5.95. The van der Waals surface area contributed by atoms with Crippen molar-refractivity contribution in [2.24, 2.45) is 0 Å². The molecule has 2 N–H and O–H groups in total. The summed E-state index contributed by atoms with van der Waals surface area (Å²) in [6.07, 6.45) is 9.82. The Kier molecular flexibility index (Phi) is 13.2. The average Bonchev–Trinajstić information content (AvgIpc) is 3.57. The van der Waals surface area contributed by atoms with E-state index in [9.17, 15) is 19.2 Å². The van der Waals surface area contributed by atoms with Crippen LogP contribution in [0.1, 0.15) is 33.5 Å². The van der Waals surface area contributed by atoms with Crippen molar-refractivity contribution in [3.8, 4) is 11.1 Å². The van der Waals surface area contributed by atoms with Crippen LogP contribution in [0.2, 0.25) is 0 Å². The van der Waals surface area contributed by atoms with E-state index in [-0.39, 0.29) is 23.6 Å². The molecule has 1 aliphatic rings. The number of likely N-dealkylation sites (N-methyl/N-ethyl adjacent to an activating group) is 1. The van der Waals surface area contributed by atoms with Crippen LogP contribution in [0.4, 0.5) is 27.7 Å². The van der Waals surface area contributed by atoms with Crippen LogP contribution in [0, 0.1) is 0 Å². The lowest BCUT2D eigenvalue weighted by atomic mass is 10.0. The summed E-state index contributed by atoms with van der Waals surface area (Å²) in [5.41, 5.74) is 7.46. The van der Waals surface area contributed by atoms with Gasteiger partial charge in [0.2, 0.25) is 5.91 Å². The van der Waals surface area contributed by atoms with Crippen molar-refractivity contribution in [1.82, 2.24) is 24.7 Å². The van der Waals surface area contributed by atoms with Crippen molar-refractivity contribution in [2.75, 3.05) is 63.4 Å². The summed E-state index contributed by atoms with van der Waals surface area (Å²) < 4.78 is 0. The van der Waals surface area contributed by atoms with Gasteiger partial charge in [-0.1, -0.05) is 54.6 Å². The van der Waals surface area contributed by atoms with Crippen LogP contribution in [0.15, 0.2) is 122 Å². The first-order valence-corrected chi connectivity index (χ1v) is 18.9. The second-order valence-corrected chi connectivity index (χ2v) is 14.5. The molecule has 6 rings (SSSR count). The minimum absolute atomic E-state index is 0.0463. The Hall–Kier alpha value is -6.66. The summed E-state index contributed by atoms with van der Waals surface area (Å²) in [6.45, 7) is 2.23. The molecule has 3 aromatic carbocycles. The first-order chi connectivity index (χ1) is 27.5. The molecular formula is C45H48N8O4. The Bertz CT molecular complexity index is 2220. The Labute approximate surface area is 333 Å². The maximum atomic E-state index is 13.5. The summed E-state index contributed by atoms with van der Waals surface area (Å²) in [6, 6.07) is 28.4. The maximum Gasteiger partial charge on any atom is 0.324 e. The summed E-state index contributed by atoms with van der Waals surface area (Å²) in [7, 11) is 7.37. The maximum absolute atomic E-state index is 13.5. The van der Waals surface area contributed by atoms with Gasteiger partial charge in [0.05, 0.1) is 23.8 Å². The van der Waals surface area contributed by atoms with Crippen molar-refractivity contribution < 1.29 is 19.2 Å². The third-order valence-electron chi connectivity index (χ3n) is 9.43. The van der Waals surface area contributed by atoms with E-state index in [1.54, 1.807) is 53.5 Å². The van der Waals surface area contributed by atoms with Crippen LogP contribution in [0.3, 0.4) is 0 Å². The third kappa shape index (κ3) is 11.2. The van der Waals surface area contributed by atoms with E-state index in [1.165, 1.54) is 0 Å². The number of aromatic nitrogens is 2. The molecule has 0 saturated carbocycles. The van der Waals surface area contributed by atoms with Gasteiger partial charge in [-0.05, 0) is 91.3 Å². The Morgan fingerprint density at radius 3 is 2.26 bits per heavy atom. The molecule has 0 bridgehead atoms. The summed E-state index contributed by atoms with van der Waals surface area (Å²) in [5.74, 6) is 0.538. The summed E-state index contributed by atoms with van der Waals surface area (Å²) in [4.78, 5) is 66.8. The second kappa shape index (κ2) is 18.8. The number of benzene rings is 3. The fourth-order valence-corrected chi connectivity index (χ4v) is 6.41. The number of rotatable bonds is 16. The predicted molar refractivity (Wildman–Crippen MR) is 225 cm³/mol. The number of aryl methyl sites for hydroxylation is 1. The van der Waals surface area contributed by atoms with Gasteiger partial charge in [-0.15, -0.1) is 0 Å². The average molecular weight is 765 g/mol. The number of urea groups is 1. The predicted octanol–water partition coefficient (Wildman–Crippen LogP) is 6.83. The van der Waals surface area contributed by atoms with E-state index in [1.807, 2.05) is 116 Å². The molecule has 0 radical (unpaired) electrons. The summed E-state index contributed by atoms with van der Waals surface area (Å²) >= 11 is 0. The minimum atomic E-state index is -0.110. The fourth-order valence-electron chi connectivity index (χ4n) is 6.41. The Balaban J connectivity index is 0.965. The van der Waals surface area contributed by atoms with Crippen molar-refractivity contribution in [3.05, 3.63) is 144 Å². The zero-order valence-corrected chi connectivity index (χ0v) is 32.8. The van der Waals surface area contributed by atoms with E-state index in [0.29, 0.717) is 73.9 Å². The molecule has 0 spiro atoms. The number of carbonyl (C=O) groups excluding carboxylic acids is 4. The van der Waals surface area contributed by atoms with Gasteiger partial charge in [-0.2, -0.15) is 0 Å². The van der Waals surface area contributed by atoms with Crippen LogP contribution in [0.25, 0.3) is 11.1 Å². The lowest BCUT2D eigenvalue weighted by Crippen LogP contribution is -2.31. The van der Waals surface area contributed by atoms with Crippen molar-refractivity contribution in [1.29, 1.82) is 0 Å². The highest BCUT2D eigenvalue weighted by atomic mass is 16.2. The molecule has 0 unspecified atom stereocenters. The number of allylic oxidation sites excluding steroid dienone is 1. The van der Waals surface area contributed by atoms with Crippen LogP contribution in [0.5, 0.6) is 0 Å². The zero-order chi connectivity index (χ0) is 40.3. The molecule has 4 amide bonds. The van der Waals surface area contributed by atoms with E-state index in [2.05, 4.69) is 20.6 Å². The van der Waals surface area contributed by atoms with Crippen molar-refractivity contribution in [3.63, 3.8) is 0 Å².